The Morgan fingerprint density at radius 2 is 1.77 bits per heavy atom. The van der Waals surface area contributed by atoms with Gasteiger partial charge < -0.3 is 19.7 Å². The Bertz CT molecular complexity index is 1080. The van der Waals surface area contributed by atoms with E-state index in [0.717, 1.165) is 16.3 Å². The molecule has 0 aliphatic carbocycles. The molecule has 2 amide bonds. The summed E-state index contributed by atoms with van der Waals surface area (Å²) < 4.78 is 5.90. The molecule has 1 fully saturated rings. The molecule has 6 nitrogen and oxygen atoms in total. The third-order valence-electron chi connectivity index (χ3n) is 5.14. The molecule has 1 aliphatic rings. The first-order valence-electron chi connectivity index (χ1n) is 9.98. The fourth-order valence-corrected chi connectivity index (χ4v) is 5.13. The minimum Gasteiger partial charge on any atom is -0.483 e. The third kappa shape index (κ3) is 4.56. The zero-order chi connectivity index (χ0) is 21.6. The van der Waals surface area contributed by atoms with Gasteiger partial charge in [-0.15, -0.1) is 11.8 Å². The highest BCUT2D eigenvalue weighted by atomic mass is 32.2. The van der Waals surface area contributed by atoms with Gasteiger partial charge in [-0.25, -0.2) is 0 Å². The van der Waals surface area contributed by atoms with Gasteiger partial charge in [0.2, 0.25) is 5.91 Å². The molecule has 4 rings (SSSR count). The molecule has 7 heteroatoms. The lowest BCUT2D eigenvalue weighted by molar-refractivity contribution is -0.141. The Balaban J connectivity index is 1.56. The number of ether oxygens (including phenoxy) is 1. The van der Waals surface area contributed by atoms with Crippen LogP contribution < -0.4 is 10.1 Å². The van der Waals surface area contributed by atoms with Crippen LogP contribution in [0.2, 0.25) is 0 Å². The minimum absolute atomic E-state index is 0.0788. The highest BCUT2D eigenvalue weighted by Crippen LogP contribution is 2.41. The molecule has 0 bridgehead atoms. The molecule has 0 radical (unpaired) electrons. The standard InChI is InChI=1S/C24H22N2O4S/c27-14-13-25-23(29)20-16-31-24(18-8-2-1-3-9-18)26(20)22(28)15-30-21-12-6-10-17-7-4-5-11-19(17)21/h1-12,14,20,24H,13,15-16H2,(H,25,29)/t20-,24?/m0/s1. The van der Waals surface area contributed by atoms with E-state index in [2.05, 4.69) is 5.32 Å². The normalized spacial score (nSPS) is 18.0. The Kier molecular flexibility index (Phi) is 6.52. The largest absolute Gasteiger partial charge is 0.483 e. The van der Waals surface area contributed by atoms with Crippen molar-refractivity contribution in [1.29, 1.82) is 0 Å². The van der Waals surface area contributed by atoms with E-state index in [9.17, 15) is 14.4 Å². The predicted octanol–water partition coefficient (Wildman–Crippen LogP) is 3.18. The minimum atomic E-state index is -0.668. The molecular formula is C24H22N2O4S. The van der Waals surface area contributed by atoms with Gasteiger partial charge in [0, 0.05) is 11.1 Å². The Hall–Kier alpha value is -3.32. The quantitative estimate of drug-likeness (QED) is 0.578. The van der Waals surface area contributed by atoms with Gasteiger partial charge in [0.25, 0.3) is 5.91 Å². The van der Waals surface area contributed by atoms with Crippen LogP contribution in [0.4, 0.5) is 0 Å². The van der Waals surface area contributed by atoms with E-state index in [1.54, 1.807) is 4.90 Å². The molecule has 1 saturated heterocycles. The van der Waals surface area contributed by atoms with Crippen LogP contribution in [-0.2, 0) is 14.4 Å². The number of amides is 2. The van der Waals surface area contributed by atoms with Gasteiger partial charge in [-0.05, 0) is 17.0 Å². The van der Waals surface area contributed by atoms with Crippen LogP contribution >= 0.6 is 11.8 Å². The van der Waals surface area contributed by atoms with Crippen molar-refractivity contribution in [2.75, 3.05) is 18.9 Å². The molecule has 158 valence electrons. The molecule has 3 aromatic carbocycles. The van der Waals surface area contributed by atoms with Gasteiger partial charge in [0.15, 0.2) is 6.61 Å². The summed E-state index contributed by atoms with van der Waals surface area (Å²) in [5.41, 5.74) is 0.941. The lowest BCUT2D eigenvalue weighted by atomic mass is 10.1. The fourth-order valence-electron chi connectivity index (χ4n) is 3.68. The highest BCUT2D eigenvalue weighted by molar-refractivity contribution is 7.99. The van der Waals surface area contributed by atoms with Crippen molar-refractivity contribution < 1.29 is 19.1 Å². The number of hydrogen-bond donors (Lipinski definition) is 1. The number of nitrogens with one attached hydrogen (secondary N) is 1. The van der Waals surface area contributed by atoms with Crippen LogP contribution in [0.5, 0.6) is 5.75 Å². The number of aldehydes is 1. The van der Waals surface area contributed by atoms with E-state index in [-0.39, 0.29) is 30.3 Å². The second-order valence-electron chi connectivity index (χ2n) is 7.09. The maximum atomic E-state index is 13.3. The number of thioether (sulfide) groups is 1. The van der Waals surface area contributed by atoms with Crippen LogP contribution in [0.15, 0.2) is 72.8 Å². The first-order chi connectivity index (χ1) is 15.2. The second-order valence-corrected chi connectivity index (χ2v) is 8.20. The Labute approximate surface area is 184 Å². The van der Waals surface area contributed by atoms with Gasteiger partial charge in [-0.3, -0.25) is 9.59 Å². The smallest absolute Gasteiger partial charge is 0.262 e. The molecule has 3 aromatic rings. The first-order valence-corrected chi connectivity index (χ1v) is 11.0. The number of benzene rings is 3. The van der Waals surface area contributed by atoms with E-state index < -0.39 is 6.04 Å². The second kappa shape index (κ2) is 9.66. The van der Waals surface area contributed by atoms with Crippen molar-refractivity contribution in [2.45, 2.75) is 11.4 Å². The van der Waals surface area contributed by atoms with Gasteiger partial charge in [-0.2, -0.15) is 0 Å². The molecule has 0 spiro atoms. The third-order valence-corrected chi connectivity index (χ3v) is 6.46. The summed E-state index contributed by atoms with van der Waals surface area (Å²) in [6.07, 6.45) is 0.629. The molecule has 0 aromatic heterocycles. The summed E-state index contributed by atoms with van der Waals surface area (Å²) in [5, 5.41) is 4.23. The summed E-state index contributed by atoms with van der Waals surface area (Å²) in [6.45, 7) is -0.264. The SMILES string of the molecule is O=CCNC(=O)[C@@H]1CSC(c2ccccc2)N1C(=O)COc1cccc2ccccc12. The number of rotatable bonds is 7. The van der Waals surface area contributed by atoms with E-state index in [1.807, 2.05) is 72.8 Å². The number of fused-ring (bicyclic) bond motifs is 1. The average Bonchev–Trinajstić information content (AvgIpc) is 3.27. The van der Waals surface area contributed by atoms with Crippen molar-refractivity contribution in [2.24, 2.45) is 0 Å². The molecule has 0 saturated carbocycles. The van der Waals surface area contributed by atoms with Crippen molar-refractivity contribution in [3.05, 3.63) is 78.4 Å². The topological polar surface area (TPSA) is 75.7 Å². The molecule has 2 atom stereocenters. The van der Waals surface area contributed by atoms with Gasteiger partial charge in [0.1, 0.15) is 23.5 Å². The van der Waals surface area contributed by atoms with Gasteiger partial charge in [0.05, 0.1) is 6.54 Å². The molecule has 1 aliphatic heterocycles. The van der Waals surface area contributed by atoms with Gasteiger partial charge in [-0.1, -0.05) is 66.7 Å². The maximum Gasteiger partial charge on any atom is 0.262 e. The predicted molar refractivity (Wildman–Crippen MR) is 121 cm³/mol. The van der Waals surface area contributed by atoms with Crippen LogP contribution in [0.25, 0.3) is 10.8 Å². The zero-order valence-corrected chi connectivity index (χ0v) is 17.6. The molecular weight excluding hydrogens is 412 g/mol. The summed E-state index contributed by atoms with van der Waals surface area (Å²) in [5.74, 6) is 0.454. The Morgan fingerprint density at radius 1 is 1.03 bits per heavy atom. The van der Waals surface area contributed by atoms with E-state index in [0.29, 0.717) is 17.8 Å². The number of carbonyl (C=O) groups is 3. The number of carbonyl (C=O) groups excluding carboxylic acids is 3. The molecule has 1 N–H and O–H groups in total. The van der Waals surface area contributed by atoms with E-state index in [1.165, 1.54) is 11.8 Å². The average molecular weight is 435 g/mol. The van der Waals surface area contributed by atoms with Crippen LogP contribution in [-0.4, -0.2) is 47.9 Å². The van der Waals surface area contributed by atoms with E-state index in [4.69, 9.17) is 4.74 Å². The number of nitrogens with zero attached hydrogens (tertiary/aromatic N) is 1. The lowest BCUT2D eigenvalue weighted by Gasteiger charge is -2.29. The zero-order valence-electron chi connectivity index (χ0n) is 16.8. The summed E-state index contributed by atoms with van der Waals surface area (Å²) in [6, 6.07) is 22.4. The van der Waals surface area contributed by atoms with Crippen molar-refractivity contribution in [3.63, 3.8) is 0 Å². The molecule has 31 heavy (non-hydrogen) atoms. The van der Waals surface area contributed by atoms with E-state index >= 15 is 0 Å². The molecule has 1 unspecified atom stereocenters. The monoisotopic (exact) mass is 434 g/mol. The highest BCUT2D eigenvalue weighted by Gasteiger charge is 2.42. The van der Waals surface area contributed by atoms with Crippen LogP contribution in [0.3, 0.4) is 0 Å². The van der Waals surface area contributed by atoms with Crippen LogP contribution in [0.1, 0.15) is 10.9 Å². The maximum absolute atomic E-state index is 13.3. The fraction of sp³-hybridized carbons (Fsp3) is 0.208. The molecule has 1 heterocycles. The van der Waals surface area contributed by atoms with Crippen molar-refractivity contribution in [3.8, 4) is 5.75 Å². The Morgan fingerprint density at radius 3 is 2.58 bits per heavy atom. The summed E-state index contributed by atoms with van der Waals surface area (Å²) in [4.78, 5) is 38.1. The lowest BCUT2D eigenvalue weighted by Crippen LogP contribution is -2.49. The number of hydrogen-bond acceptors (Lipinski definition) is 5. The van der Waals surface area contributed by atoms with Crippen LogP contribution in [0, 0.1) is 0 Å². The first kappa shape index (κ1) is 20.9. The summed E-state index contributed by atoms with van der Waals surface area (Å²) >= 11 is 1.53. The van der Waals surface area contributed by atoms with Crippen molar-refractivity contribution in [1.82, 2.24) is 10.2 Å². The van der Waals surface area contributed by atoms with Gasteiger partial charge >= 0.3 is 0 Å². The summed E-state index contributed by atoms with van der Waals surface area (Å²) in [7, 11) is 0. The van der Waals surface area contributed by atoms with Crippen molar-refractivity contribution >= 4 is 40.6 Å².